The first kappa shape index (κ1) is 21.5. The summed E-state index contributed by atoms with van der Waals surface area (Å²) in [4.78, 5) is 12.5. The van der Waals surface area contributed by atoms with E-state index in [-0.39, 0.29) is 5.56 Å². The third-order valence-electron chi connectivity index (χ3n) is 4.49. The van der Waals surface area contributed by atoms with E-state index in [1.165, 1.54) is 16.8 Å². The molecule has 30 heavy (non-hydrogen) atoms. The topological polar surface area (TPSA) is 79.9 Å². The van der Waals surface area contributed by atoms with Crippen molar-refractivity contribution in [3.8, 4) is 11.8 Å². The summed E-state index contributed by atoms with van der Waals surface area (Å²) in [5.41, 5.74) is 1.49. The molecule has 0 bridgehead atoms. The van der Waals surface area contributed by atoms with Crippen molar-refractivity contribution in [2.45, 2.75) is 32.3 Å². The lowest BCUT2D eigenvalue weighted by Gasteiger charge is -2.21. The van der Waals surface area contributed by atoms with Gasteiger partial charge in [-0.3, -0.25) is 4.79 Å². The van der Waals surface area contributed by atoms with Crippen molar-refractivity contribution in [2.24, 2.45) is 0 Å². The molecule has 2 aromatic carbocycles. The molecule has 3 aromatic rings. The van der Waals surface area contributed by atoms with Crippen molar-refractivity contribution in [1.82, 2.24) is 15.1 Å². The number of ether oxygens (including phenoxy) is 1. The average molecular weight is 437 g/mol. The lowest BCUT2D eigenvalue weighted by atomic mass is 10.1. The van der Waals surface area contributed by atoms with E-state index in [0.29, 0.717) is 10.5 Å². The second-order valence-electron chi connectivity index (χ2n) is 6.60. The molecule has 0 saturated carbocycles. The molecule has 0 aliphatic carbocycles. The zero-order valence-corrected chi connectivity index (χ0v) is 16.6. The van der Waals surface area contributed by atoms with Gasteiger partial charge in [-0.15, -0.1) is 13.2 Å². The summed E-state index contributed by atoms with van der Waals surface area (Å²) in [6, 6.07) is 10.4. The molecule has 0 aliphatic heterocycles. The molecule has 0 radical (unpaired) electrons. The molecular formula is C20H16ClF3N4O2. The molecular weight excluding hydrogens is 421 g/mol. The summed E-state index contributed by atoms with van der Waals surface area (Å²) >= 11 is 6.00. The van der Waals surface area contributed by atoms with Crippen LogP contribution in [0.4, 0.5) is 13.2 Å². The van der Waals surface area contributed by atoms with Crippen molar-refractivity contribution < 1.29 is 22.7 Å². The molecule has 6 nitrogen and oxygen atoms in total. The van der Waals surface area contributed by atoms with Crippen LogP contribution in [0.3, 0.4) is 0 Å². The van der Waals surface area contributed by atoms with E-state index in [1.54, 1.807) is 25.1 Å². The largest absolute Gasteiger partial charge is 0.573 e. The Morgan fingerprint density at radius 2 is 1.93 bits per heavy atom. The molecule has 1 N–H and O–H groups in total. The maximum Gasteiger partial charge on any atom is 0.573 e. The quantitative estimate of drug-likeness (QED) is 0.624. The first-order chi connectivity index (χ1) is 14.1. The number of benzene rings is 2. The Morgan fingerprint density at radius 1 is 1.27 bits per heavy atom. The average Bonchev–Trinajstić information content (AvgIpc) is 2.97. The van der Waals surface area contributed by atoms with Crippen LogP contribution in [0, 0.1) is 18.3 Å². The summed E-state index contributed by atoms with van der Waals surface area (Å²) in [5, 5.41) is 18.1. The zero-order valence-electron chi connectivity index (χ0n) is 15.9. The van der Waals surface area contributed by atoms with Crippen molar-refractivity contribution in [3.05, 3.63) is 58.7 Å². The number of carbonyl (C=O) groups is 1. The van der Waals surface area contributed by atoms with E-state index >= 15 is 0 Å². The normalized spacial score (nSPS) is 13.5. The number of nitrogens with zero attached hydrogens (tertiary/aromatic N) is 3. The van der Waals surface area contributed by atoms with E-state index in [9.17, 15) is 23.2 Å². The minimum absolute atomic E-state index is 0.127. The molecule has 0 fully saturated rings. The van der Waals surface area contributed by atoms with Gasteiger partial charge in [-0.25, -0.2) is 4.68 Å². The van der Waals surface area contributed by atoms with Crippen LogP contribution in [0.15, 0.2) is 42.5 Å². The molecule has 1 heterocycles. The van der Waals surface area contributed by atoms with Crippen LogP contribution >= 0.6 is 11.6 Å². The van der Waals surface area contributed by atoms with E-state index < -0.39 is 30.1 Å². The number of rotatable bonds is 5. The van der Waals surface area contributed by atoms with Crippen molar-refractivity contribution >= 4 is 28.4 Å². The fourth-order valence-corrected chi connectivity index (χ4v) is 3.20. The van der Waals surface area contributed by atoms with Crippen LogP contribution in [0.2, 0.25) is 5.02 Å². The van der Waals surface area contributed by atoms with Gasteiger partial charge in [0.2, 0.25) is 0 Å². The molecule has 2 unspecified atom stereocenters. The second-order valence-corrected chi connectivity index (χ2v) is 7.04. The molecule has 3 rings (SSSR count). The molecule has 1 amide bonds. The van der Waals surface area contributed by atoms with Gasteiger partial charge in [0, 0.05) is 21.7 Å². The molecule has 156 valence electrons. The van der Waals surface area contributed by atoms with E-state index in [4.69, 9.17) is 11.6 Å². The molecule has 10 heteroatoms. The van der Waals surface area contributed by atoms with Crippen molar-refractivity contribution in [3.63, 3.8) is 0 Å². The molecule has 0 aliphatic rings. The van der Waals surface area contributed by atoms with Crippen molar-refractivity contribution in [2.75, 3.05) is 0 Å². The Balaban J connectivity index is 1.77. The number of alkyl halides is 3. The summed E-state index contributed by atoms with van der Waals surface area (Å²) in [6.45, 7) is 3.45. The molecule has 1 aromatic heterocycles. The highest BCUT2D eigenvalue weighted by Crippen LogP contribution is 2.26. The Labute approximate surface area is 174 Å². The van der Waals surface area contributed by atoms with Gasteiger partial charge in [-0.1, -0.05) is 11.6 Å². The van der Waals surface area contributed by atoms with Crippen LogP contribution in [0.25, 0.3) is 10.9 Å². The highest BCUT2D eigenvalue weighted by atomic mass is 35.5. The van der Waals surface area contributed by atoms with Crippen molar-refractivity contribution in [1.29, 1.82) is 5.26 Å². The van der Waals surface area contributed by atoms with Gasteiger partial charge in [0.05, 0.1) is 17.6 Å². The van der Waals surface area contributed by atoms with Crippen LogP contribution in [-0.2, 0) is 0 Å². The van der Waals surface area contributed by atoms with Gasteiger partial charge in [-0.2, -0.15) is 10.4 Å². The maximum atomic E-state index is 12.5. The Kier molecular flexibility index (Phi) is 5.89. The number of halogens is 4. The minimum Gasteiger partial charge on any atom is -0.406 e. The SMILES string of the molecule is Cc1c2ccc(Cl)cc2nn1C(C#N)C(C)NC(=O)c1ccc(OC(F)(F)F)cc1. The Bertz CT molecular complexity index is 1120. The van der Waals surface area contributed by atoms with E-state index in [0.717, 1.165) is 23.2 Å². The van der Waals surface area contributed by atoms with Gasteiger partial charge in [0.25, 0.3) is 5.91 Å². The number of nitriles is 1. The third-order valence-corrected chi connectivity index (χ3v) is 4.72. The number of carbonyl (C=O) groups excluding carboxylic acids is 1. The Morgan fingerprint density at radius 3 is 2.53 bits per heavy atom. The fraction of sp³-hybridized carbons (Fsp3) is 0.250. The minimum atomic E-state index is -4.81. The standard InChI is InChI=1S/C20H16ClF3N4O2/c1-11(26-19(29)13-3-6-15(7-4-13)30-20(22,23)24)18(10-25)28-12(2)16-8-5-14(21)9-17(16)27-28/h3-9,11,18H,1-2H3,(H,26,29). The van der Waals surface area contributed by atoms with Crippen LogP contribution in [-0.4, -0.2) is 28.1 Å². The number of hydrogen-bond donors (Lipinski definition) is 1. The predicted octanol–water partition coefficient (Wildman–Crippen LogP) is 4.78. The van der Waals surface area contributed by atoms with Gasteiger partial charge in [-0.05, 0) is 56.3 Å². The highest BCUT2D eigenvalue weighted by Gasteiger charge is 2.31. The number of hydrogen-bond acceptors (Lipinski definition) is 4. The van der Waals surface area contributed by atoms with E-state index in [1.807, 2.05) is 6.92 Å². The summed E-state index contributed by atoms with van der Waals surface area (Å²) in [5.74, 6) is -0.974. The van der Waals surface area contributed by atoms with Gasteiger partial charge >= 0.3 is 6.36 Å². The first-order valence-electron chi connectivity index (χ1n) is 8.79. The predicted molar refractivity (Wildman–Crippen MR) is 104 cm³/mol. The first-order valence-corrected chi connectivity index (χ1v) is 9.17. The number of amides is 1. The smallest absolute Gasteiger partial charge is 0.406 e. The zero-order chi connectivity index (χ0) is 22.1. The molecule has 2 atom stereocenters. The lowest BCUT2D eigenvalue weighted by molar-refractivity contribution is -0.274. The number of nitrogens with one attached hydrogen (secondary N) is 1. The maximum absolute atomic E-state index is 12.5. The van der Waals surface area contributed by atoms with E-state index in [2.05, 4.69) is 21.2 Å². The molecule has 0 saturated heterocycles. The van der Waals surface area contributed by atoms with Crippen LogP contribution in [0.1, 0.15) is 29.0 Å². The van der Waals surface area contributed by atoms with Crippen LogP contribution < -0.4 is 10.1 Å². The Hall–Kier alpha value is -3.25. The number of aromatic nitrogens is 2. The van der Waals surface area contributed by atoms with Gasteiger partial charge < -0.3 is 10.1 Å². The highest BCUT2D eigenvalue weighted by molar-refractivity contribution is 6.31. The monoisotopic (exact) mass is 436 g/mol. The summed E-state index contributed by atoms with van der Waals surface area (Å²) in [6.07, 6.45) is -4.81. The number of fused-ring (bicyclic) bond motifs is 1. The third kappa shape index (κ3) is 4.66. The summed E-state index contributed by atoms with van der Waals surface area (Å²) < 4.78 is 42.0. The summed E-state index contributed by atoms with van der Waals surface area (Å²) in [7, 11) is 0. The second kappa shape index (κ2) is 8.24. The van der Waals surface area contributed by atoms with Gasteiger partial charge in [0.15, 0.2) is 6.04 Å². The van der Waals surface area contributed by atoms with Gasteiger partial charge in [0.1, 0.15) is 5.75 Å². The molecule has 0 spiro atoms. The van der Waals surface area contributed by atoms with Crippen LogP contribution in [0.5, 0.6) is 5.75 Å². The lowest BCUT2D eigenvalue weighted by Crippen LogP contribution is -2.39. The fourth-order valence-electron chi connectivity index (χ4n) is 3.03. The number of aryl methyl sites for hydroxylation is 1.